The molecule has 1 rings (SSSR count). The molecule has 0 aromatic heterocycles. The summed E-state index contributed by atoms with van der Waals surface area (Å²) >= 11 is 3.39. The van der Waals surface area contributed by atoms with Crippen LogP contribution in [0.3, 0.4) is 0 Å². The number of carboxylic acid groups (broad SMARTS) is 1. The largest absolute Gasteiger partial charge is 0.481 e. The van der Waals surface area contributed by atoms with Gasteiger partial charge in [-0.25, -0.2) is 4.79 Å². The zero-order valence-corrected chi connectivity index (χ0v) is 12.5. The first-order valence-electron chi connectivity index (χ1n) is 5.98. The molecule has 3 N–H and O–H groups in total. The minimum atomic E-state index is -0.903. The molecule has 1 aromatic carbocycles. The fourth-order valence-corrected chi connectivity index (χ4v) is 1.90. The minimum Gasteiger partial charge on any atom is -0.481 e. The van der Waals surface area contributed by atoms with E-state index in [1.807, 2.05) is 19.1 Å². The van der Waals surface area contributed by atoms with Gasteiger partial charge < -0.3 is 15.7 Å². The molecule has 1 unspecified atom stereocenters. The summed E-state index contributed by atoms with van der Waals surface area (Å²) in [6.07, 6.45) is 0.476. The van der Waals surface area contributed by atoms with E-state index in [1.165, 1.54) is 0 Å². The third-order valence-electron chi connectivity index (χ3n) is 2.79. The molecule has 0 bridgehead atoms. The maximum Gasteiger partial charge on any atom is 0.319 e. The Morgan fingerprint density at radius 3 is 2.68 bits per heavy atom. The number of aliphatic carboxylic acids is 1. The highest BCUT2D eigenvalue weighted by Crippen LogP contribution is 2.25. The molecule has 104 valence electrons. The van der Waals surface area contributed by atoms with Crippen LogP contribution in [-0.4, -0.2) is 23.7 Å². The van der Waals surface area contributed by atoms with Gasteiger partial charge in [-0.2, -0.15) is 0 Å². The molecule has 0 aliphatic carbocycles. The second kappa shape index (κ2) is 7.13. The van der Waals surface area contributed by atoms with Crippen LogP contribution in [0.5, 0.6) is 0 Å². The minimum absolute atomic E-state index is 0.112. The van der Waals surface area contributed by atoms with E-state index in [-0.39, 0.29) is 6.54 Å². The number of nitrogens with one attached hydrogen (secondary N) is 2. The first-order chi connectivity index (χ1) is 8.95. The molecule has 0 radical (unpaired) electrons. The molecule has 6 heteroatoms. The van der Waals surface area contributed by atoms with Crippen LogP contribution < -0.4 is 10.6 Å². The van der Waals surface area contributed by atoms with Gasteiger partial charge in [-0.15, -0.1) is 0 Å². The van der Waals surface area contributed by atoms with Gasteiger partial charge in [0.15, 0.2) is 0 Å². The van der Waals surface area contributed by atoms with Crippen molar-refractivity contribution in [2.75, 3.05) is 11.9 Å². The third kappa shape index (κ3) is 4.55. The van der Waals surface area contributed by atoms with Crippen LogP contribution in [0.15, 0.2) is 22.7 Å². The maximum atomic E-state index is 11.7. The van der Waals surface area contributed by atoms with Crippen molar-refractivity contribution in [3.05, 3.63) is 28.2 Å². The predicted octanol–water partition coefficient (Wildman–Crippen LogP) is 2.99. The van der Waals surface area contributed by atoms with Gasteiger partial charge >= 0.3 is 12.0 Å². The monoisotopic (exact) mass is 328 g/mol. The summed E-state index contributed by atoms with van der Waals surface area (Å²) in [5.41, 5.74) is 1.66. The number of anilines is 1. The topological polar surface area (TPSA) is 78.4 Å². The van der Waals surface area contributed by atoms with Crippen molar-refractivity contribution in [1.82, 2.24) is 5.32 Å². The highest BCUT2D eigenvalue weighted by molar-refractivity contribution is 9.10. The van der Waals surface area contributed by atoms with E-state index in [0.29, 0.717) is 12.1 Å². The quantitative estimate of drug-likeness (QED) is 0.777. The van der Waals surface area contributed by atoms with Gasteiger partial charge in [0.05, 0.1) is 11.6 Å². The van der Waals surface area contributed by atoms with Gasteiger partial charge in [0.2, 0.25) is 0 Å². The molecule has 0 heterocycles. The number of carbonyl (C=O) groups is 2. The summed E-state index contributed by atoms with van der Waals surface area (Å²) in [6, 6.07) is 5.11. The van der Waals surface area contributed by atoms with Crippen LogP contribution in [0.4, 0.5) is 10.5 Å². The van der Waals surface area contributed by atoms with E-state index in [2.05, 4.69) is 26.6 Å². The van der Waals surface area contributed by atoms with E-state index in [0.717, 1.165) is 10.0 Å². The van der Waals surface area contributed by atoms with E-state index < -0.39 is 17.9 Å². The number of hydrogen-bond donors (Lipinski definition) is 3. The van der Waals surface area contributed by atoms with E-state index in [1.54, 1.807) is 13.0 Å². The molecular formula is C13H17BrN2O3. The Labute approximate surface area is 120 Å². The maximum absolute atomic E-state index is 11.7. The van der Waals surface area contributed by atoms with Crippen molar-refractivity contribution in [2.45, 2.75) is 20.3 Å². The Hall–Kier alpha value is -1.56. The highest BCUT2D eigenvalue weighted by Gasteiger charge is 2.16. The second-order valence-corrected chi connectivity index (χ2v) is 5.01. The number of aryl methyl sites for hydroxylation is 1. The fraction of sp³-hybridized carbons (Fsp3) is 0.385. The average molecular weight is 329 g/mol. The molecule has 0 aliphatic heterocycles. The number of amides is 2. The van der Waals surface area contributed by atoms with E-state index in [4.69, 9.17) is 5.11 Å². The van der Waals surface area contributed by atoms with Crippen LogP contribution in [0.1, 0.15) is 18.9 Å². The Balaban J connectivity index is 2.56. The van der Waals surface area contributed by atoms with Gasteiger partial charge in [-0.1, -0.05) is 19.1 Å². The number of carbonyl (C=O) groups excluding carboxylic acids is 1. The number of carboxylic acids is 1. The van der Waals surface area contributed by atoms with Crippen molar-refractivity contribution in [3.8, 4) is 0 Å². The van der Waals surface area contributed by atoms with Crippen molar-refractivity contribution in [3.63, 3.8) is 0 Å². The summed E-state index contributed by atoms with van der Waals surface area (Å²) in [6.45, 7) is 3.81. The van der Waals surface area contributed by atoms with E-state index in [9.17, 15) is 9.59 Å². The van der Waals surface area contributed by atoms with Crippen molar-refractivity contribution in [1.29, 1.82) is 0 Å². The van der Waals surface area contributed by atoms with Gasteiger partial charge in [0, 0.05) is 11.0 Å². The van der Waals surface area contributed by atoms with Gasteiger partial charge in [-0.3, -0.25) is 4.79 Å². The zero-order chi connectivity index (χ0) is 14.4. The number of rotatable bonds is 5. The summed E-state index contributed by atoms with van der Waals surface area (Å²) < 4.78 is 0.815. The standard InChI is InChI=1S/C13H17BrN2O3/c1-3-9(12(17)18)7-15-13(19)16-10-6-4-5-8(2)11(10)14/h4-6,9H,3,7H2,1-2H3,(H,17,18)(H2,15,16,19). The number of urea groups is 1. The molecule has 19 heavy (non-hydrogen) atoms. The Morgan fingerprint density at radius 2 is 2.11 bits per heavy atom. The molecular weight excluding hydrogens is 312 g/mol. The summed E-state index contributed by atoms with van der Waals surface area (Å²) in [5.74, 6) is -1.47. The van der Waals surface area contributed by atoms with Gasteiger partial charge in [0.1, 0.15) is 0 Å². The van der Waals surface area contributed by atoms with Gasteiger partial charge in [0.25, 0.3) is 0 Å². The zero-order valence-electron chi connectivity index (χ0n) is 10.9. The van der Waals surface area contributed by atoms with Crippen LogP contribution in [0.2, 0.25) is 0 Å². The lowest BCUT2D eigenvalue weighted by atomic mass is 10.1. The second-order valence-electron chi connectivity index (χ2n) is 4.21. The van der Waals surface area contributed by atoms with Crippen LogP contribution >= 0.6 is 15.9 Å². The van der Waals surface area contributed by atoms with Crippen LogP contribution in [-0.2, 0) is 4.79 Å². The highest BCUT2D eigenvalue weighted by atomic mass is 79.9. The number of halogens is 1. The fourth-order valence-electron chi connectivity index (χ4n) is 1.53. The molecule has 1 aromatic rings. The first-order valence-corrected chi connectivity index (χ1v) is 6.77. The van der Waals surface area contributed by atoms with Crippen molar-refractivity contribution >= 4 is 33.6 Å². The van der Waals surface area contributed by atoms with Crippen LogP contribution in [0.25, 0.3) is 0 Å². The Kier molecular flexibility index (Phi) is 5.82. The Bertz CT molecular complexity index is 477. The molecule has 0 aliphatic rings. The molecule has 1 atom stereocenters. The van der Waals surface area contributed by atoms with Crippen LogP contribution in [0, 0.1) is 12.8 Å². The predicted molar refractivity (Wildman–Crippen MR) is 77.3 cm³/mol. The van der Waals surface area contributed by atoms with Crippen molar-refractivity contribution in [2.24, 2.45) is 5.92 Å². The first kappa shape index (κ1) is 15.5. The molecule has 0 fully saturated rings. The normalized spacial score (nSPS) is 11.7. The van der Waals surface area contributed by atoms with Gasteiger partial charge in [-0.05, 0) is 40.9 Å². The lowest BCUT2D eigenvalue weighted by Crippen LogP contribution is -2.35. The average Bonchev–Trinajstić information content (AvgIpc) is 2.35. The summed E-state index contributed by atoms with van der Waals surface area (Å²) in [4.78, 5) is 22.5. The lowest BCUT2D eigenvalue weighted by Gasteiger charge is -2.13. The molecule has 0 saturated carbocycles. The number of benzene rings is 1. The summed E-state index contributed by atoms with van der Waals surface area (Å²) in [5, 5.41) is 14.1. The molecule has 0 saturated heterocycles. The Morgan fingerprint density at radius 1 is 1.42 bits per heavy atom. The summed E-state index contributed by atoms with van der Waals surface area (Å²) in [7, 11) is 0. The molecule has 0 spiro atoms. The molecule has 2 amide bonds. The van der Waals surface area contributed by atoms with E-state index >= 15 is 0 Å². The SMILES string of the molecule is CCC(CNC(=O)Nc1cccc(C)c1Br)C(=O)O. The smallest absolute Gasteiger partial charge is 0.319 e. The van der Waals surface area contributed by atoms with Crippen molar-refractivity contribution < 1.29 is 14.7 Å². The third-order valence-corrected chi connectivity index (χ3v) is 3.84. The molecule has 5 nitrogen and oxygen atoms in total. The number of hydrogen-bond acceptors (Lipinski definition) is 2. The lowest BCUT2D eigenvalue weighted by molar-refractivity contribution is -0.141.